The van der Waals surface area contributed by atoms with E-state index in [1.807, 2.05) is 19.1 Å². The maximum Gasteiger partial charge on any atom is 0.410 e. The highest BCUT2D eigenvalue weighted by Crippen LogP contribution is 2.20. The van der Waals surface area contributed by atoms with Crippen molar-refractivity contribution < 1.29 is 19.4 Å². The Hall–Kier alpha value is -3.65. The highest BCUT2D eigenvalue weighted by Gasteiger charge is 2.22. The standard InChI is InChI=1S/C24H28N4O4/c1-17(20-5-4-12-26-15-20)28(13-14-29)24(31)32-16-18-8-10-19(11-9-18)23(30)27-22-7-3-2-6-21(22)25/h2,4-6,8-12,15,17,29H,3,7,13-14,16,25H2,1H3,(H,27,30). The molecule has 1 atom stereocenters. The number of aliphatic hydroxyl groups excluding tert-OH is 1. The van der Waals surface area contributed by atoms with Gasteiger partial charge in [-0.2, -0.15) is 0 Å². The Morgan fingerprint density at radius 3 is 2.72 bits per heavy atom. The van der Waals surface area contributed by atoms with Crippen LogP contribution >= 0.6 is 0 Å². The Labute approximate surface area is 187 Å². The molecule has 1 aliphatic carbocycles. The van der Waals surface area contributed by atoms with Crippen LogP contribution in [0.15, 0.2) is 72.3 Å². The fraction of sp³-hybridized carbons (Fsp3) is 0.292. The lowest BCUT2D eigenvalue weighted by atomic mass is 10.1. The molecule has 1 unspecified atom stereocenters. The zero-order valence-electron chi connectivity index (χ0n) is 18.0. The SMILES string of the molecule is CC(c1cccnc1)N(CCO)C(=O)OCc1ccc(C(=O)NC2=C(N)C=CCC2)cc1. The minimum Gasteiger partial charge on any atom is -0.445 e. The summed E-state index contributed by atoms with van der Waals surface area (Å²) in [7, 11) is 0. The van der Waals surface area contributed by atoms with Gasteiger partial charge in [0.1, 0.15) is 6.61 Å². The third kappa shape index (κ3) is 5.95. The number of rotatable bonds is 8. The molecule has 0 bridgehead atoms. The van der Waals surface area contributed by atoms with Gasteiger partial charge in [-0.15, -0.1) is 0 Å². The average molecular weight is 437 g/mol. The maximum atomic E-state index is 12.6. The number of nitrogens with one attached hydrogen (secondary N) is 1. The fourth-order valence-electron chi connectivity index (χ4n) is 3.36. The first kappa shape index (κ1) is 23.0. The van der Waals surface area contributed by atoms with Gasteiger partial charge in [-0.05, 0) is 55.2 Å². The zero-order chi connectivity index (χ0) is 22.9. The van der Waals surface area contributed by atoms with Crippen molar-refractivity contribution in [1.29, 1.82) is 0 Å². The molecule has 2 amide bonds. The van der Waals surface area contributed by atoms with Crippen molar-refractivity contribution in [3.63, 3.8) is 0 Å². The topological polar surface area (TPSA) is 118 Å². The minimum absolute atomic E-state index is 0.0469. The van der Waals surface area contributed by atoms with Crippen molar-refractivity contribution >= 4 is 12.0 Å². The maximum absolute atomic E-state index is 12.6. The van der Waals surface area contributed by atoms with Crippen LogP contribution in [0.1, 0.15) is 47.3 Å². The van der Waals surface area contributed by atoms with Crippen LogP contribution in [-0.2, 0) is 11.3 Å². The molecule has 0 aliphatic heterocycles. The Kier molecular flexibility index (Phi) is 7.99. The predicted octanol–water partition coefficient (Wildman–Crippen LogP) is 3.02. The van der Waals surface area contributed by atoms with Crippen LogP contribution in [0.25, 0.3) is 0 Å². The Morgan fingerprint density at radius 2 is 2.06 bits per heavy atom. The summed E-state index contributed by atoms with van der Waals surface area (Å²) < 4.78 is 5.44. The zero-order valence-corrected chi connectivity index (χ0v) is 18.0. The van der Waals surface area contributed by atoms with Crippen molar-refractivity contribution in [2.75, 3.05) is 13.2 Å². The van der Waals surface area contributed by atoms with Crippen molar-refractivity contribution in [2.45, 2.75) is 32.4 Å². The van der Waals surface area contributed by atoms with Gasteiger partial charge in [-0.3, -0.25) is 14.7 Å². The van der Waals surface area contributed by atoms with E-state index in [4.69, 9.17) is 10.5 Å². The number of benzene rings is 1. The number of amides is 2. The molecule has 0 saturated heterocycles. The van der Waals surface area contributed by atoms with E-state index >= 15 is 0 Å². The predicted molar refractivity (Wildman–Crippen MR) is 120 cm³/mol. The van der Waals surface area contributed by atoms with Crippen molar-refractivity contribution in [3.05, 3.63) is 89.0 Å². The molecule has 0 spiro atoms. The Bertz CT molecular complexity index is 987. The second-order valence-electron chi connectivity index (χ2n) is 7.46. The first-order chi connectivity index (χ1) is 15.5. The van der Waals surface area contributed by atoms with Gasteiger partial charge in [0.15, 0.2) is 0 Å². The first-order valence-electron chi connectivity index (χ1n) is 10.5. The number of ether oxygens (including phenoxy) is 1. The summed E-state index contributed by atoms with van der Waals surface area (Å²) >= 11 is 0. The van der Waals surface area contributed by atoms with Crippen LogP contribution in [0.5, 0.6) is 0 Å². The van der Waals surface area contributed by atoms with Crippen LogP contribution in [0, 0.1) is 0 Å². The summed E-state index contributed by atoms with van der Waals surface area (Å²) in [6, 6.07) is 10.2. The molecule has 0 saturated carbocycles. The minimum atomic E-state index is -0.537. The lowest BCUT2D eigenvalue weighted by Gasteiger charge is -2.28. The van der Waals surface area contributed by atoms with E-state index in [2.05, 4.69) is 10.3 Å². The number of allylic oxidation sites excluding steroid dienone is 3. The highest BCUT2D eigenvalue weighted by atomic mass is 16.6. The molecule has 1 heterocycles. The molecular formula is C24H28N4O4. The molecular weight excluding hydrogens is 408 g/mol. The first-order valence-corrected chi connectivity index (χ1v) is 10.5. The number of aromatic nitrogens is 1. The van der Waals surface area contributed by atoms with Gasteiger partial charge >= 0.3 is 6.09 Å². The Balaban J connectivity index is 1.58. The van der Waals surface area contributed by atoms with E-state index in [0.29, 0.717) is 17.7 Å². The van der Waals surface area contributed by atoms with Gasteiger partial charge in [0, 0.05) is 30.2 Å². The van der Waals surface area contributed by atoms with Crippen LogP contribution < -0.4 is 11.1 Å². The molecule has 168 valence electrons. The summed E-state index contributed by atoms with van der Waals surface area (Å²) in [6.45, 7) is 1.86. The third-order valence-electron chi connectivity index (χ3n) is 5.26. The summed E-state index contributed by atoms with van der Waals surface area (Å²) in [5.74, 6) is -0.235. The molecule has 1 aromatic carbocycles. The van der Waals surface area contributed by atoms with E-state index < -0.39 is 6.09 Å². The smallest absolute Gasteiger partial charge is 0.410 e. The lowest BCUT2D eigenvalue weighted by Crippen LogP contribution is -2.36. The number of carbonyl (C=O) groups excluding carboxylic acids is 2. The number of nitrogens with zero attached hydrogens (tertiary/aromatic N) is 2. The number of hydrogen-bond donors (Lipinski definition) is 3. The molecule has 8 nitrogen and oxygen atoms in total. The molecule has 32 heavy (non-hydrogen) atoms. The van der Waals surface area contributed by atoms with Gasteiger partial charge in [-0.25, -0.2) is 4.79 Å². The van der Waals surface area contributed by atoms with Crippen LogP contribution in [0.2, 0.25) is 0 Å². The number of pyridine rings is 1. The molecule has 2 aromatic rings. The molecule has 3 rings (SSSR count). The van der Waals surface area contributed by atoms with E-state index in [1.165, 1.54) is 4.90 Å². The van der Waals surface area contributed by atoms with Gasteiger partial charge < -0.3 is 20.9 Å². The van der Waals surface area contributed by atoms with Crippen LogP contribution in [0.3, 0.4) is 0 Å². The second kappa shape index (κ2) is 11.1. The van der Waals surface area contributed by atoms with Crippen LogP contribution in [-0.4, -0.2) is 40.1 Å². The van der Waals surface area contributed by atoms with Gasteiger partial charge in [0.25, 0.3) is 5.91 Å². The second-order valence-corrected chi connectivity index (χ2v) is 7.46. The van der Waals surface area contributed by atoms with E-state index in [9.17, 15) is 14.7 Å². The average Bonchev–Trinajstić information content (AvgIpc) is 2.83. The van der Waals surface area contributed by atoms with E-state index in [-0.39, 0.29) is 31.7 Å². The number of aliphatic hydroxyl groups is 1. The molecule has 1 aliphatic rings. The van der Waals surface area contributed by atoms with Gasteiger partial charge in [-0.1, -0.05) is 24.3 Å². The molecule has 1 aromatic heterocycles. The number of carbonyl (C=O) groups is 2. The third-order valence-corrected chi connectivity index (χ3v) is 5.26. The van der Waals surface area contributed by atoms with Crippen molar-refractivity contribution in [3.8, 4) is 0 Å². The summed E-state index contributed by atoms with van der Waals surface area (Å²) in [5, 5.41) is 12.2. The summed E-state index contributed by atoms with van der Waals surface area (Å²) in [6.07, 6.45) is 8.11. The largest absolute Gasteiger partial charge is 0.445 e. The number of nitrogens with two attached hydrogens (primary N) is 1. The molecule has 4 N–H and O–H groups in total. The fourth-order valence-corrected chi connectivity index (χ4v) is 3.36. The molecule has 8 heteroatoms. The normalized spacial score (nSPS) is 14.1. The lowest BCUT2D eigenvalue weighted by molar-refractivity contribution is 0.0743. The van der Waals surface area contributed by atoms with Crippen LogP contribution in [0.4, 0.5) is 4.79 Å². The Morgan fingerprint density at radius 1 is 1.28 bits per heavy atom. The highest BCUT2D eigenvalue weighted by molar-refractivity contribution is 5.95. The molecule has 0 fully saturated rings. The quantitative estimate of drug-likeness (QED) is 0.585. The molecule has 0 radical (unpaired) electrons. The van der Waals surface area contributed by atoms with Crippen molar-refractivity contribution in [2.24, 2.45) is 5.73 Å². The van der Waals surface area contributed by atoms with Crippen molar-refractivity contribution in [1.82, 2.24) is 15.2 Å². The monoisotopic (exact) mass is 436 g/mol. The number of hydrogen-bond acceptors (Lipinski definition) is 6. The summed E-state index contributed by atoms with van der Waals surface area (Å²) in [4.78, 5) is 30.6. The summed E-state index contributed by atoms with van der Waals surface area (Å²) in [5.41, 5.74) is 9.28. The van der Waals surface area contributed by atoms with Gasteiger partial charge in [0.05, 0.1) is 18.3 Å². The van der Waals surface area contributed by atoms with Gasteiger partial charge in [0.2, 0.25) is 0 Å². The van der Waals surface area contributed by atoms with E-state index in [1.54, 1.807) is 48.8 Å². The van der Waals surface area contributed by atoms with E-state index in [0.717, 1.165) is 23.2 Å².